The zero-order valence-electron chi connectivity index (χ0n) is 5.88. The lowest BCUT2D eigenvalue weighted by molar-refractivity contribution is 0.0796. The molecular weight excluding hydrogens is 166 g/mol. The van der Waals surface area contributed by atoms with E-state index < -0.39 is 23.2 Å². The Hall–Kier alpha value is -1.58. The number of hydrogen-bond donors (Lipinski definition) is 0. The maximum atomic E-state index is 12.1. The van der Waals surface area contributed by atoms with Crippen LogP contribution in [-0.2, 0) is 0 Å². The maximum absolute atomic E-state index is 12.1. The average Bonchev–Trinajstić information content (AvgIpc) is 2.04. The van der Waals surface area contributed by atoms with Crippen LogP contribution in [0.3, 0.4) is 0 Å². The van der Waals surface area contributed by atoms with Gasteiger partial charge in [0.2, 0.25) is 0 Å². The Kier molecular flexibility index (Phi) is 2.28. The molecule has 2 nitrogen and oxygen atoms in total. The van der Waals surface area contributed by atoms with Crippen molar-refractivity contribution in [1.29, 1.82) is 0 Å². The zero-order valence-corrected chi connectivity index (χ0v) is 5.88. The Morgan fingerprint density at radius 2 is 1.25 bits per heavy atom. The fourth-order valence-corrected chi connectivity index (χ4v) is 0.826. The molecule has 1 rings (SSSR count). The second kappa shape index (κ2) is 3.21. The van der Waals surface area contributed by atoms with Crippen LogP contribution < -0.4 is 0 Å². The minimum atomic E-state index is -1.81. The molecule has 0 heterocycles. The van der Waals surface area contributed by atoms with E-state index in [0.717, 1.165) is 12.1 Å². The third kappa shape index (κ3) is 1.53. The largest absolute Gasteiger partial charge is 0.332 e. The molecule has 4 heteroatoms. The molecule has 0 spiro atoms. The van der Waals surface area contributed by atoms with Gasteiger partial charge >= 0.3 is 12.1 Å². The highest BCUT2D eigenvalue weighted by molar-refractivity contribution is 6.02. The van der Waals surface area contributed by atoms with E-state index in [0.29, 0.717) is 0 Å². The Morgan fingerprint density at radius 3 is 1.50 bits per heavy atom. The first-order valence-corrected chi connectivity index (χ1v) is 3.11. The third-order valence-corrected chi connectivity index (χ3v) is 1.35. The lowest BCUT2D eigenvalue weighted by Crippen LogP contribution is -2.00. The number of rotatable bonds is 2. The van der Waals surface area contributed by atoms with Gasteiger partial charge < -0.3 is 0 Å². The molecule has 62 valence electrons. The number of carbonyl (C=O) groups is 2. The van der Waals surface area contributed by atoms with Gasteiger partial charge in [-0.2, -0.15) is 8.78 Å². The van der Waals surface area contributed by atoms with Gasteiger partial charge in [0.25, 0.3) is 0 Å². The molecule has 1 aromatic carbocycles. The number of hydrogen-bond acceptors (Lipinski definition) is 2. The molecule has 0 radical (unpaired) electrons. The van der Waals surface area contributed by atoms with Gasteiger partial charge in [-0.15, -0.1) is 0 Å². The minimum Gasteiger partial charge on any atom is -0.255 e. The second-order valence-electron chi connectivity index (χ2n) is 2.09. The quantitative estimate of drug-likeness (QED) is 0.635. The van der Waals surface area contributed by atoms with E-state index in [1.165, 1.54) is 12.1 Å². The van der Waals surface area contributed by atoms with E-state index in [-0.39, 0.29) is 0 Å². The standard InChI is InChI=1S/C8H4F2O2/c9-7(11)5-3-1-2-4-6(5)8(10)12/h1-4H. The third-order valence-electron chi connectivity index (χ3n) is 1.35. The first-order valence-electron chi connectivity index (χ1n) is 3.11. The van der Waals surface area contributed by atoms with Crippen LogP contribution in [0.15, 0.2) is 24.3 Å². The van der Waals surface area contributed by atoms with E-state index in [9.17, 15) is 18.4 Å². The molecule has 0 aliphatic rings. The Balaban J connectivity index is 3.27. The normalized spacial score (nSPS) is 9.50. The molecule has 0 N–H and O–H groups in total. The predicted molar refractivity (Wildman–Crippen MR) is 37.3 cm³/mol. The SMILES string of the molecule is O=C(F)c1ccccc1C(=O)F. The number of carbonyl (C=O) groups excluding carboxylic acids is 2. The molecule has 0 saturated carbocycles. The molecule has 0 fully saturated rings. The van der Waals surface area contributed by atoms with Crippen LogP contribution in [0.2, 0.25) is 0 Å². The van der Waals surface area contributed by atoms with Crippen LogP contribution in [0.25, 0.3) is 0 Å². The predicted octanol–water partition coefficient (Wildman–Crippen LogP) is 1.91. The average molecular weight is 170 g/mol. The smallest absolute Gasteiger partial charge is 0.255 e. The van der Waals surface area contributed by atoms with Crippen molar-refractivity contribution in [3.63, 3.8) is 0 Å². The highest BCUT2D eigenvalue weighted by atomic mass is 19.1. The summed E-state index contributed by atoms with van der Waals surface area (Å²) in [5.74, 6) is 0. The van der Waals surface area contributed by atoms with E-state index in [1.54, 1.807) is 0 Å². The van der Waals surface area contributed by atoms with E-state index in [1.807, 2.05) is 0 Å². The highest BCUT2D eigenvalue weighted by Gasteiger charge is 2.14. The fraction of sp³-hybridized carbons (Fsp3) is 0. The van der Waals surface area contributed by atoms with E-state index in [4.69, 9.17) is 0 Å². The molecule has 0 atom stereocenters. The monoisotopic (exact) mass is 170 g/mol. The summed E-state index contributed by atoms with van der Waals surface area (Å²) >= 11 is 0. The summed E-state index contributed by atoms with van der Waals surface area (Å²) in [5, 5.41) is 0. The maximum Gasteiger partial charge on any atom is 0.332 e. The molecule has 0 aliphatic carbocycles. The van der Waals surface area contributed by atoms with Crippen LogP contribution in [0.4, 0.5) is 8.78 Å². The Bertz CT molecular complexity index is 301. The van der Waals surface area contributed by atoms with Gasteiger partial charge in [0.05, 0.1) is 11.1 Å². The molecule has 0 unspecified atom stereocenters. The van der Waals surface area contributed by atoms with Gasteiger partial charge in [0.1, 0.15) is 0 Å². The first kappa shape index (κ1) is 8.52. The van der Waals surface area contributed by atoms with Gasteiger partial charge in [0.15, 0.2) is 0 Å². The van der Waals surface area contributed by atoms with E-state index >= 15 is 0 Å². The van der Waals surface area contributed by atoms with Gasteiger partial charge in [-0.25, -0.2) is 0 Å². The van der Waals surface area contributed by atoms with Gasteiger partial charge in [-0.3, -0.25) is 9.59 Å². The van der Waals surface area contributed by atoms with Crippen molar-refractivity contribution >= 4 is 12.1 Å². The molecule has 0 bridgehead atoms. The summed E-state index contributed by atoms with van der Waals surface area (Å²) in [6.07, 6.45) is 0. The fourth-order valence-electron chi connectivity index (χ4n) is 0.826. The summed E-state index contributed by atoms with van der Waals surface area (Å²) in [7, 11) is 0. The summed E-state index contributed by atoms with van der Waals surface area (Å²) in [6, 6.07) is 1.18. The topological polar surface area (TPSA) is 34.1 Å². The summed E-state index contributed by atoms with van der Waals surface area (Å²) in [4.78, 5) is 20.4. The van der Waals surface area contributed by atoms with Crippen molar-refractivity contribution < 1.29 is 18.4 Å². The van der Waals surface area contributed by atoms with Crippen molar-refractivity contribution in [1.82, 2.24) is 0 Å². The number of halogens is 2. The van der Waals surface area contributed by atoms with Crippen LogP contribution in [-0.4, -0.2) is 12.1 Å². The van der Waals surface area contributed by atoms with Crippen molar-refractivity contribution in [3.8, 4) is 0 Å². The zero-order chi connectivity index (χ0) is 9.14. The van der Waals surface area contributed by atoms with Gasteiger partial charge in [-0.05, 0) is 12.1 Å². The summed E-state index contributed by atoms with van der Waals surface area (Å²) in [5.41, 5.74) is -1.07. The van der Waals surface area contributed by atoms with Crippen molar-refractivity contribution in [2.75, 3.05) is 0 Å². The Labute approximate surface area is 66.8 Å². The lowest BCUT2D eigenvalue weighted by Gasteiger charge is -1.96. The molecule has 1 aromatic rings. The molecule has 0 amide bonds. The van der Waals surface area contributed by atoms with Crippen LogP contribution in [0, 0.1) is 0 Å². The summed E-state index contributed by atoms with van der Waals surface area (Å²) in [6.45, 7) is 0. The molecule has 0 saturated heterocycles. The lowest BCUT2D eigenvalue weighted by atomic mass is 10.1. The molecular formula is C8H4F2O2. The molecule has 0 aliphatic heterocycles. The van der Waals surface area contributed by atoms with Crippen molar-refractivity contribution in [2.24, 2.45) is 0 Å². The Morgan fingerprint density at radius 1 is 0.917 bits per heavy atom. The van der Waals surface area contributed by atoms with Crippen molar-refractivity contribution in [2.45, 2.75) is 0 Å². The van der Waals surface area contributed by atoms with E-state index in [2.05, 4.69) is 0 Å². The van der Waals surface area contributed by atoms with Gasteiger partial charge in [-0.1, -0.05) is 12.1 Å². The highest BCUT2D eigenvalue weighted by Crippen LogP contribution is 2.11. The number of benzene rings is 1. The second-order valence-corrected chi connectivity index (χ2v) is 2.09. The van der Waals surface area contributed by atoms with Crippen LogP contribution in [0.5, 0.6) is 0 Å². The molecule has 0 aromatic heterocycles. The van der Waals surface area contributed by atoms with Crippen LogP contribution >= 0.6 is 0 Å². The van der Waals surface area contributed by atoms with Gasteiger partial charge in [0, 0.05) is 0 Å². The molecule has 12 heavy (non-hydrogen) atoms. The van der Waals surface area contributed by atoms with Crippen LogP contribution in [0.1, 0.15) is 20.7 Å². The first-order chi connectivity index (χ1) is 5.63. The summed E-state index contributed by atoms with van der Waals surface area (Å²) < 4.78 is 24.2. The minimum absolute atomic E-state index is 0.537. The van der Waals surface area contributed by atoms with Crippen molar-refractivity contribution in [3.05, 3.63) is 35.4 Å².